The molecule has 2 aromatic rings. The zero-order chi connectivity index (χ0) is 19.2. The third kappa shape index (κ3) is 4.87. The molecule has 0 aliphatic heterocycles. The summed E-state index contributed by atoms with van der Waals surface area (Å²) in [4.78, 5) is 12.3. The Kier molecular flexibility index (Phi) is 6.48. The molecule has 1 aromatic heterocycles. The van der Waals surface area contributed by atoms with Gasteiger partial charge >= 0.3 is 0 Å². The molecule has 0 unspecified atom stereocenters. The molecule has 1 aliphatic carbocycles. The van der Waals surface area contributed by atoms with Crippen molar-refractivity contribution >= 4 is 5.91 Å². The van der Waals surface area contributed by atoms with Crippen molar-refractivity contribution in [3.63, 3.8) is 0 Å². The fourth-order valence-electron chi connectivity index (χ4n) is 3.32. The molecule has 1 saturated carbocycles. The highest BCUT2D eigenvalue weighted by molar-refractivity contribution is 5.92. The van der Waals surface area contributed by atoms with E-state index in [0.717, 1.165) is 30.9 Å². The van der Waals surface area contributed by atoms with Gasteiger partial charge < -0.3 is 10.1 Å². The molecule has 0 bridgehead atoms. The molecule has 0 saturated heterocycles. The number of benzene rings is 1. The monoisotopic (exact) mass is 373 g/mol. The van der Waals surface area contributed by atoms with Crippen LogP contribution in [0.3, 0.4) is 0 Å². The van der Waals surface area contributed by atoms with E-state index in [-0.39, 0.29) is 18.2 Å². The van der Waals surface area contributed by atoms with E-state index in [1.807, 2.05) is 6.92 Å². The number of hydrogen-bond acceptors (Lipinski definition) is 3. The number of aromatic nitrogens is 2. The van der Waals surface area contributed by atoms with Crippen LogP contribution in [0.4, 0.5) is 4.39 Å². The van der Waals surface area contributed by atoms with Gasteiger partial charge in [0.25, 0.3) is 5.91 Å². The SMILES string of the molecule is CCc1cc(C(=O)NCc2cccc(OCCCC3CCC3)c2F)n(C)n1. The number of carbonyl (C=O) groups excluding carboxylic acids is 1. The fraction of sp³-hybridized carbons (Fsp3) is 0.524. The van der Waals surface area contributed by atoms with E-state index in [9.17, 15) is 9.18 Å². The second-order valence-electron chi connectivity index (χ2n) is 7.20. The molecule has 6 heteroatoms. The van der Waals surface area contributed by atoms with E-state index < -0.39 is 5.82 Å². The van der Waals surface area contributed by atoms with Gasteiger partial charge in [-0.25, -0.2) is 4.39 Å². The summed E-state index contributed by atoms with van der Waals surface area (Å²) >= 11 is 0. The van der Waals surface area contributed by atoms with Crippen LogP contribution >= 0.6 is 0 Å². The fourth-order valence-corrected chi connectivity index (χ4v) is 3.32. The zero-order valence-corrected chi connectivity index (χ0v) is 16.1. The summed E-state index contributed by atoms with van der Waals surface area (Å²) in [6.45, 7) is 2.62. The maximum absolute atomic E-state index is 14.6. The van der Waals surface area contributed by atoms with Crippen molar-refractivity contribution in [3.05, 3.63) is 47.0 Å². The van der Waals surface area contributed by atoms with E-state index >= 15 is 0 Å². The normalized spacial score (nSPS) is 14.0. The van der Waals surface area contributed by atoms with Crippen LogP contribution in [0, 0.1) is 11.7 Å². The van der Waals surface area contributed by atoms with Crippen molar-refractivity contribution in [2.24, 2.45) is 13.0 Å². The Morgan fingerprint density at radius 3 is 2.89 bits per heavy atom. The third-order valence-electron chi connectivity index (χ3n) is 5.25. The average Bonchev–Trinajstić information content (AvgIpc) is 3.01. The molecule has 3 rings (SSSR count). The highest BCUT2D eigenvalue weighted by atomic mass is 19.1. The number of hydrogen-bond donors (Lipinski definition) is 1. The van der Waals surface area contributed by atoms with Gasteiger partial charge in [-0.05, 0) is 37.3 Å². The predicted molar refractivity (Wildman–Crippen MR) is 102 cm³/mol. The average molecular weight is 373 g/mol. The molecule has 0 spiro atoms. The summed E-state index contributed by atoms with van der Waals surface area (Å²) in [6, 6.07) is 6.81. The molecule has 1 amide bonds. The highest BCUT2D eigenvalue weighted by Gasteiger charge is 2.17. The molecule has 0 radical (unpaired) electrons. The minimum atomic E-state index is -0.402. The summed E-state index contributed by atoms with van der Waals surface area (Å²) in [5.41, 5.74) is 1.74. The maximum atomic E-state index is 14.6. The molecule has 1 aliphatic rings. The minimum Gasteiger partial charge on any atom is -0.491 e. The molecular formula is C21H28FN3O2. The number of ether oxygens (including phenoxy) is 1. The lowest BCUT2D eigenvalue weighted by Crippen LogP contribution is -2.25. The van der Waals surface area contributed by atoms with Gasteiger partial charge in [0.1, 0.15) is 5.69 Å². The van der Waals surface area contributed by atoms with Crippen molar-refractivity contribution in [2.45, 2.75) is 52.0 Å². The highest BCUT2D eigenvalue weighted by Crippen LogP contribution is 2.30. The summed E-state index contributed by atoms with van der Waals surface area (Å²) in [7, 11) is 1.73. The van der Waals surface area contributed by atoms with Crippen molar-refractivity contribution in [3.8, 4) is 5.75 Å². The van der Waals surface area contributed by atoms with Crippen LogP contribution in [0.15, 0.2) is 24.3 Å². The lowest BCUT2D eigenvalue weighted by Gasteiger charge is -2.25. The summed E-state index contributed by atoms with van der Waals surface area (Å²) in [6.07, 6.45) is 6.84. The largest absolute Gasteiger partial charge is 0.491 e. The number of nitrogens with zero attached hydrogens (tertiary/aromatic N) is 2. The Balaban J connectivity index is 1.53. The van der Waals surface area contributed by atoms with E-state index in [0.29, 0.717) is 17.9 Å². The van der Waals surface area contributed by atoms with Gasteiger partial charge in [0.2, 0.25) is 0 Å². The molecule has 5 nitrogen and oxygen atoms in total. The number of amides is 1. The summed E-state index contributed by atoms with van der Waals surface area (Å²) in [5, 5.41) is 7.03. The van der Waals surface area contributed by atoms with Crippen molar-refractivity contribution < 1.29 is 13.9 Å². The van der Waals surface area contributed by atoms with E-state index in [4.69, 9.17) is 4.74 Å². The van der Waals surface area contributed by atoms with E-state index in [1.165, 1.54) is 19.3 Å². The van der Waals surface area contributed by atoms with E-state index in [1.54, 1.807) is 36.0 Å². The first-order chi connectivity index (χ1) is 13.1. The summed E-state index contributed by atoms with van der Waals surface area (Å²) in [5.74, 6) is 0.418. The topological polar surface area (TPSA) is 56.1 Å². The van der Waals surface area contributed by atoms with Crippen LogP contribution in [-0.4, -0.2) is 22.3 Å². The van der Waals surface area contributed by atoms with Gasteiger partial charge in [-0.2, -0.15) is 5.10 Å². The van der Waals surface area contributed by atoms with Gasteiger partial charge in [0.05, 0.1) is 12.3 Å². The molecule has 27 heavy (non-hydrogen) atoms. The quantitative estimate of drug-likeness (QED) is 0.676. The number of nitrogens with one attached hydrogen (secondary N) is 1. The van der Waals surface area contributed by atoms with Gasteiger partial charge in [-0.3, -0.25) is 9.48 Å². The van der Waals surface area contributed by atoms with Gasteiger partial charge in [0, 0.05) is 19.2 Å². The Labute approximate surface area is 159 Å². The van der Waals surface area contributed by atoms with Crippen LogP contribution in [0.1, 0.15) is 60.8 Å². The standard InChI is InChI=1S/C21H28FN3O2/c1-3-17-13-18(25(2)24-17)21(26)23-14-16-10-5-11-19(20(16)22)27-12-6-9-15-7-4-8-15/h5,10-11,13,15H,3-4,6-9,12,14H2,1-2H3,(H,23,26). The second kappa shape index (κ2) is 9.02. The number of aryl methyl sites for hydroxylation is 2. The van der Waals surface area contributed by atoms with Gasteiger partial charge in [-0.1, -0.05) is 38.3 Å². The second-order valence-corrected chi connectivity index (χ2v) is 7.20. The zero-order valence-electron chi connectivity index (χ0n) is 16.1. The third-order valence-corrected chi connectivity index (χ3v) is 5.25. The molecule has 0 atom stereocenters. The number of halogens is 1. The first-order valence-electron chi connectivity index (χ1n) is 9.79. The van der Waals surface area contributed by atoms with Crippen molar-refractivity contribution in [1.82, 2.24) is 15.1 Å². The van der Waals surface area contributed by atoms with Gasteiger partial charge in [-0.15, -0.1) is 0 Å². The van der Waals surface area contributed by atoms with E-state index in [2.05, 4.69) is 10.4 Å². The number of carbonyl (C=O) groups is 1. The first-order valence-corrected chi connectivity index (χ1v) is 9.79. The molecule has 1 heterocycles. The molecular weight excluding hydrogens is 345 g/mol. The molecule has 1 N–H and O–H groups in total. The predicted octanol–water partition coefficient (Wildman–Crippen LogP) is 4.01. The maximum Gasteiger partial charge on any atom is 0.269 e. The molecule has 146 valence electrons. The minimum absolute atomic E-state index is 0.108. The molecule has 1 fully saturated rings. The Morgan fingerprint density at radius 2 is 2.22 bits per heavy atom. The lowest BCUT2D eigenvalue weighted by molar-refractivity contribution is 0.0941. The lowest BCUT2D eigenvalue weighted by atomic mass is 9.82. The first kappa shape index (κ1) is 19.4. The van der Waals surface area contributed by atoms with Crippen molar-refractivity contribution in [1.29, 1.82) is 0 Å². The van der Waals surface area contributed by atoms with Crippen LogP contribution in [0.5, 0.6) is 5.75 Å². The smallest absolute Gasteiger partial charge is 0.269 e. The van der Waals surface area contributed by atoms with Gasteiger partial charge in [0.15, 0.2) is 11.6 Å². The number of rotatable bonds is 9. The Morgan fingerprint density at radius 1 is 1.41 bits per heavy atom. The van der Waals surface area contributed by atoms with Crippen molar-refractivity contribution in [2.75, 3.05) is 6.61 Å². The molecule has 1 aromatic carbocycles. The van der Waals surface area contributed by atoms with Crippen LogP contribution in [0.2, 0.25) is 0 Å². The Bertz CT molecular complexity index is 784. The van der Waals surface area contributed by atoms with Crippen LogP contribution < -0.4 is 10.1 Å². The van der Waals surface area contributed by atoms with Crippen LogP contribution in [0.25, 0.3) is 0 Å². The Hall–Kier alpha value is -2.37. The van der Waals surface area contributed by atoms with Crippen LogP contribution in [-0.2, 0) is 20.0 Å². The summed E-state index contributed by atoms with van der Waals surface area (Å²) < 4.78 is 21.8.